The number of hydrogen-bond donors (Lipinski definition) is 1. The van der Waals surface area contributed by atoms with Crippen LogP contribution >= 0.6 is 0 Å². The van der Waals surface area contributed by atoms with Gasteiger partial charge in [0.1, 0.15) is 11.5 Å². The first-order valence-corrected chi connectivity index (χ1v) is 7.21. The third-order valence-corrected chi connectivity index (χ3v) is 4.25. The van der Waals surface area contributed by atoms with Crippen molar-refractivity contribution in [3.05, 3.63) is 23.8 Å². The molecule has 6 nitrogen and oxygen atoms in total. The molecule has 2 atom stereocenters. The van der Waals surface area contributed by atoms with Gasteiger partial charge in [0.25, 0.3) is 0 Å². The number of ether oxygens (including phenoxy) is 2. The van der Waals surface area contributed by atoms with Crippen LogP contribution in [0, 0.1) is 5.92 Å². The lowest BCUT2D eigenvalue weighted by atomic mass is 10.0. The first-order chi connectivity index (χ1) is 10.5. The van der Waals surface area contributed by atoms with E-state index < -0.39 is 11.9 Å². The van der Waals surface area contributed by atoms with Crippen molar-refractivity contribution in [1.29, 1.82) is 0 Å². The highest BCUT2D eigenvalue weighted by Gasteiger charge is 2.38. The van der Waals surface area contributed by atoms with Crippen LogP contribution in [0.25, 0.3) is 0 Å². The number of benzene rings is 1. The molecule has 1 amide bonds. The molecule has 1 aromatic rings. The molecule has 0 aliphatic carbocycles. The second-order valence-electron chi connectivity index (χ2n) is 5.38. The molecule has 0 saturated carbocycles. The highest BCUT2D eigenvalue weighted by molar-refractivity contribution is 5.82. The molecule has 1 heterocycles. The Hall–Kier alpha value is -2.24. The molecule has 2 rings (SSSR count). The third kappa shape index (κ3) is 3.00. The summed E-state index contributed by atoms with van der Waals surface area (Å²) in [7, 11) is 3.09. The number of nitrogens with zero attached hydrogens (tertiary/aromatic N) is 1. The van der Waals surface area contributed by atoms with Crippen molar-refractivity contribution >= 4 is 11.9 Å². The van der Waals surface area contributed by atoms with E-state index in [0.717, 1.165) is 0 Å². The summed E-state index contributed by atoms with van der Waals surface area (Å²) in [4.78, 5) is 25.3. The molecule has 1 aromatic carbocycles. The van der Waals surface area contributed by atoms with Crippen molar-refractivity contribution in [3.8, 4) is 11.5 Å². The normalized spacial score (nSPS) is 20.8. The Morgan fingerprint density at radius 2 is 1.86 bits per heavy atom. The zero-order valence-corrected chi connectivity index (χ0v) is 13.0. The summed E-state index contributed by atoms with van der Waals surface area (Å²) in [5.41, 5.74) is 0.684. The predicted molar refractivity (Wildman–Crippen MR) is 80.2 cm³/mol. The number of carboxylic acids is 1. The topological polar surface area (TPSA) is 76.1 Å². The third-order valence-electron chi connectivity index (χ3n) is 4.25. The molecule has 2 unspecified atom stereocenters. The van der Waals surface area contributed by atoms with Crippen LogP contribution in [0.2, 0.25) is 0 Å². The van der Waals surface area contributed by atoms with Crippen LogP contribution in [0.1, 0.15) is 18.9 Å². The highest BCUT2D eigenvalue weighted by atomic mass is 16.5. The molecule has 22 heavy (non-hydrogen) atoms. The molecule has 1 aliphatic heterocycles. The van der Waals surface area contributed by atoms with Gasteiger partial charge in [-0.05, 0) is 25.5 Å². The van der Waals surface area contributed by atoms with Gasteiger partial charge in [0, 0.05) is 18.2 Å². The van der Waals surface area contributed by atoms with Crippen molar-refractivity contribution in [2.75, 3.05) is 20.8 Å². The van der Waals surface area contributed by atoms with Crippen LogP contribution in [0.15, 0.2) is 18.2 Å². The van der Waals surface area contributed by atoms with Gasteiger partial charge in [0.15, 0.2) is 0 Å². The van der Waals surface area contributed by atoms with Crippen LogP contribution < -0.4 is 9.47 Å². The van der Waals surface area contributed by atoms with Crippen LogP contribution in [-0.2, 0) is 16.0 Å². The minimum atomic E-state index is -0.849. The molecule has 0 bridgehead atoms. The summed E-state index contributed by atoms with van der Waals surface area (Å²) >= 11 is 0. The number of rotatable bonds is 5. The monoisotopic (exact) mass is 307 g/mol. The first kappa shape index (κ1) is 16.1. The summed E-state index contributed by atoms with van der Waals surface area (Å²) in [6.45, 7) is 2.25. The molecular weight excluding hydrogens is 286 g/mol. The van der Waals surface area contributed by atoms with E-state index >= 15 is 0 Å². The number of carbonyl (C=O) groups excluding carboxylic acids is 1. The van der Waals surface area contributed by atoms with Crippen LogP contribution in [-0.4, -0.2) is 48.7 Å². The molecule has 120 valence electrons. The molecule has 0 spiro atoms. The molecule has 1 aliphatic rings. The van der Waals surface area contributed by atoms with E-state index in [1.807, 2.05) is 0 Å². The van der Waals surface area contributed by atoms with E-state index in [4.69, 9.17) is 14.6 Å². The van der Waals surface area contributed by atoms with E-state index in [0.29, 0.717) is 30.0 Å². The van der Waals surface area contributed by atoms with E-state index in [1.165, 1.54) is 0 Å². The first-order valence-electron chi connectivity index (χ1n) is 7.21. The second kappa shape index (κ2) is 6.68. The fraction of sp³-hybridized carbons (Fsp3) is 0.500. The zero-order valence-electron chi connectivity index (χ0n) is 13.0. The van der Waals surface area contributed by atoms with Gasteiger partial charge in [-0.25, -0.2) is 0 Å². The lowest BCUT2D eigenvalue weighted by molar-refractivity contribution is -0.143. The molecule has 1 saturated heterocycles. The quantitative estimate of drug-likeness (QED) is 0.893. The highest BCUT2D eigenvalue weighted by Crippen LogP contribution is 2.31. The standard InChI is InChI=1S/C16H21NO5/c1-10-11(16(19)20)7-8-17(10)15(18)9-12-13(21-2)5-4-6-14(12)22-3/h4-6,10-11H,7-9H2,1-3H3,(H,19,20). The van der Waals surface area contributed by atoms with Crippen LogP contribution in [0.5, 0.6) is 11.5 Å². The summed E-state index contributed by atoms with van der Waals surface area (Å²) in [6.07, 6.45) is 0.620. The lowest BCUT2D eigenvalue weighted by Gasteiger charge is -2.24. The van der Waals surface area contributed by atoms with E-state index in [1.54, 1.807) is 44.2 Å². The summed E-state index contributed by atoms with van der Waals surface area (Å²) in [5.74, 6) is -0.274. The van der Waals surface area contributed by atoms with Crippen molar-refractivity contribution in [3.63, 3.8) is 0 Å². The molecule has 6 heteroatoms. The number of methoxy groups -OCH3 is 2. The lowest BCUT2D eigenvalue weighted by Crippen LogP contribution is -2.38. The van der Waals surface area contributed by atoms with Crippen molar-refractivity contribution in [2.45, 2.75) is 25.8 Å². The predicted octanol–water partition coefficient (Wildman–Crippen LogP) is 1.57. The van der Waals surface area contributed by atoms with Crippen LogP contribution in [0.3, 0.4) is 0 Å². The molecule has 1 fully saturated rings. The van der Waals surface area contributed by atoms with Crippen molar-refractivity contribution < 1.29 is 24.2 Å². The number of hydrogen-bond acceptors (Lipinski definition) is 4. The Kier molecular flexibility index (Phi) is 4.90. The summed E-state index contributed by atoms with van der Waals surface area (Å²) in [6, 6.07) is 5.05. The smallest absolute Gasteiger partial charge is 0.308 e. The largest absolute Gasteiger partial charge is 0.496 e. The van der Waals surface area contributed by atoms with Crippen molar-refractivity contribution in [2.24, 2.45) is 5.92 Å². The Bertz CT molecular complexity index is 549. The van der Waals surface area contributed by atoms with Gasteiger partial charge in [0.2, 0.25) is 5.91 Å². The minimum absolute atomic E-state index is 0.112. The van der Waals surface area contributed by atoms with E-state index in [-0.39, 0.29) is 18.4 Å². The zero-order chi connectivity index (χ0) is 16.3. The number of carboxylic acid groups (broad SMARTS) is 1. The molecule has 0 radical (unpaired) electrons. The molecule has 0 aromatic heterocycles. The van der Waals surface area contributed by atoms with Gasteiger partial charge in [-0.2, -0.15) is 0 Å². The number of amides is 1. The van der Waals surface area contributed by atoms with Gasteiger partial charge >= 0.3 is 5.97 Å². The second-order valence-corrected chi connectivity index (χ2v) is 5.38. The minimum Gasteiger partial charge on any atom is -0.496 e. The Balaban J connectivity index is 2.18. The van der Waals surface area contributed by atoms with Gasteiger partial charge in [-0.15, -0.1) is 0 Å². The van der Waals surface area contributed by atoms with Gasteiger partial charge in [0.05, 0.1) is 26.6 Å². The Labute approximate surface area is 129 Å². The average Bonchev–Trinajstić information content (AvgIpc) is 2.89. The fourth-order valence-electron chi connectivity index (χ4n) is 2.98. The van der Waals surface area contributed by atoms with Crippen LogP contribution in [0.4, 0.5) is 0 Å². The fourth-order valence-corrected chi connectivity index (χ4v) is 2.98. The number of aliphatic carboxylic acids is 1. The maximum absolute atomic E-state index is 12.6. The van der Waals surface area contributed by atoms with Gasteiger partial charge in [-0.3, -0.25) is 9.59 Å². The number of carbonyl (C=O) groups is 2. The number of likely N-dealkylation sites (tertiary alicyclic amines) is 1. The summed E-state index contributed by atoms with van der Waals surface area (Å²) < 4.78 is 10.6. The molecule has 1 N–H and O–H groups in total. The Morgan fingerprint density at radius 1 is 1.27 bits per heavy atom. The average molecular weight is 307 g/mol. The SMILES string of the molecule is COc1cccc(OC)c1CC(=O)N1CCC(C(=O)O)C1C. The molecular formula is C16H21NO5. The van der Waals surface area contributed by atoms with Gasteiger partial charge < -0.3 is 19.5 Å². The van der Waals surface area contributed by atoms with E-state index in [9.17, 15) is 9.59 Å². The maximum atomic E-state index is 12.6. The summed E-state index contributed by atoms with van der Waals surface area (Å²) in [5, 5.41) is 9.16. The van der Waals surface area contributed by atoms with Gasteiger partial charge in [-0.1, -0.05) is 6.07 Å². The maximum Gasteiger partial charge on any atom is 0.308 e. The van der Waals surface area contributed by atoms with Crippen molar-refractivity contribution in [1.82, 2.24) is 4.90 Å². The van der Waals surface area contributed by atoms with E-state index in [2.05, 4.69) is 0 Å². The Morgan fingerprint density at radius 3 is 2.32 bits per heavy atom.